The standard InChI is InChI=1S/C10H14ClNO3/c1-12-5-7(13)9-6(11)3-4-8(15-2)10(9)14/h3-4,7,12-14H,5H2,1-2H3. The number of aromatic hydroxyl groups is 1. The molecule has 3 N–H and O–H groups in total. The van der Waals surface area contributed by atoms with E-state index in [1.165, 1.54) is 7.11 Å². The molecule has 1 aromatic rings. The molecule has 1 unspecified atom stereocenters. The fourth-order valence-electron chi connectivity index (χ4n) is 1.34. The fourth-order valence-corrected chi connectivity index (χ4v) is 1.62. The van der Waals surface area contributed by atoms with Crippen LogP contribution in [0.2, 0.25) is 5.02 Å². The van der Waals surface area contributed by atoms with Gasteiger partial charge in [-0.1, -0.05) is 11.6 Å². The van der Waals surface area contributed by atoms with Gasteiger partial charge >= 0.3 is 0 Å². The van der Waals surface area contributed by atoms with Gasteiger partial charge in [-0.15, -0.1) is 0 Å². The lowest BCUT2D eigenvalue weighted by Gasteiger charge is -2.15. The van der Waals surface area contributed by atoms with Crippen molar-refractivity contribution in [2.24, 2.45) is 0 Å². The van der Waals surface area contributed by atoms with Crippen LogP contribution in [0.5, 0.6) is 11.5 Å². The van der Waals surface area contributed by atoms with Gasteiger partial charge in [0.2, 0.25) is 0 Å². The maximum atomic E-state index is 9.77. The molecule has 0 spiro atoms. The molecule has 0 radical (unpaired) electrons. The number of ether oxygens (including phenoxy) is 1. The van der Waals surface area contributed by atoms with E-state index < -0.39 is 6.10 Å². The molecule has 1 atom stereocenters. The van der Waals surface area contributed by atoms with E-state index in [1.807, 2.05) is 0 Å². The van der Waals surface area contributed by atoms with Crippen molar-refractivity contribution in [1.82, 2.24) is 5.32 Å². The summed E-state index contributed by atoms with van der Waals surface area (Å²) in [4.78, 5) is 0. The van der Waals surface area contributed by atoms with Crippen molar-refractivity contribution in [1.29, 1.82) is 0 Å². The van der Waals surface area contributed by atoms with Crippen LogP contribution in [0, 0.1) is 0 Å². The highest BCUT2D eigenvalue weighted by molar-refractivity contribution is 6.31. The van der Waals surface area contributed by atoms with Gasteiger partial charge in [0.05, 0.1) is 18.2 Å². The number of hydrogen-bond donors (Lipinski definition) is 3. The Morgan fingerprint density at radius 3 is 2.73 bits per heavy atom. The van der Waals surface area contributed by atoms with E-state index in [1.54, 1.807) is 19.2 Å². The van der Waals surface area contributed by atoms with Crippen molar-refractivity contribution in [2.45, 2.75) is 6.10 Å². The third-order valence-corrected chi connectivity index (χ3v) is 2.41. The maximum absolute atomic E-state index is 9.77. The zero-order valence-electron chi connectivity index (χ0n) is 8.62. The third kappa shape index (κ3) is 2.53. The number of nitrogens with one attached hydrogen (secondary N) is 1. The second-order valence-corrected chi connectivity index (χ2v) is 3.49. The molecule has 0 saturated heterocycles. The van der Waals surface area contributed by atoms with Gasteiger partial charge in [-0.3, -0.25) is 0 Å². The summed E-state index contributed by atoms with van der Waals surface area (Å²) >= 11 is 5.89. The lowest BCUT2D eigenvalue weighted by molar-refractivity contribution is 0.173. The number of aliphatic hydroxyl groups excluding tert-OH is 1. The smallest absolute Gasteiger partial charge is 0.165 e. The number of phenols is 1. The average Bonchev–Trinajstić information content (AvgIpc) is 2.18. The molecule has 0 bridgehead atoms. The van der Waals surface area contributed by atoms with Crippen LogP contribution in [0.15, 0.2) is 12.1 Å². The van der Waals surface area contributed by atoms with Crippen LogP contribution in [-0.4, -0.2) is 30.9 Å². The minimum atomic E-state index is -0.863. The van der Waals surface area contributed by atoms with Gasteiger partial charge in [0.1, 0.15) is 0 Å². The Morgan fingerprint density at radius 2 is 2.20 bits per heavy atom. The number of halogens is 1. The molecule has 15 heavy (non-hydrogen) atoms. The lowest BCUT2D eigenvalue weighted by atomic mass is 10.1. The normalized spacial score (nSPS) is 12.5. The first-order chi connectivity index (χ1) is 7.11. The second-order valence-electron chi connectivity index (χ2n) is 3.09. The largest absolute Gasteiger partial charge is 0.504 e. The first-order valence-electron chi connectivity index (χ1n) is 4.49. The Morgan fingerprint density at radius 1 is 1.53 bits per heavy atom. The van der Waals surface area contributed by atoms with Crippen LogP contribution in [0.25, 0.3) is 0 Å². The Kier molecular flexibility index (Phi) is 4.20. The molecule has 0 aliphatic heterocycles. The van der Waals surface area contributed by atoms with Crippen molar-refractivity contribution >= 4 is 11.6 Å². The van der Waals surface area contributed by atoms with E-state index in [0.29, 0.717) is 17.3 Å². The molecule has 5 heteroatoms. The predicted octanol–water partition coefficient (Wildman–Crippen LogP) is 1.31. The zero-order valence-corrected chi connectivity index (χ0v) is 9.38. The van der Waals surface area contributed by atoms with Crippen molar-refractivity contribution in [2.75, 3.05) is 20.7 Å². The molecule has 0 amide bonds. The second kappa shape index (κ2) is 5.21. The van der Waals surface area contributed by atoms with Crippen molar-refractivity contribution in [3.63, 3.8) is 0 Å². The Labute approximate surface area is 93.4 Å². The molecule has 0 aromatic heterocycles. The SMILES string of the molecule is CNCC(O)c1c(Cl)ccc(OC)c1O. The Balaban J connectivity index is 3.14. The number of methoxy groups -OCH3 is 1. The van der Waals surface area contributed by atoms with Gasteiger partial charge in [0, 0.05) is 12.1 Å². The molecule has 0 heterocycles. The first kappa shape index (κ1) is 12.1. The summed E-state index contributed by atoms with van der Waals surface area (Å²) in [5.74, 6) is 0.178. The highest BCUT2D eigenvalue weighted by Crippen LogP contribution is 2.38. The third-order valence-electron chi connectivity index (χ3n) is 2.08. The highest BCUT2D eigenvalue weighted by atomic mass is 35.5. The number of hydrogen-bond acceptors (Lipinski definition) is 4. The average molecular weight is 232 g/mol. The molecular weight excluding hydrogens is 218 g/mol. The summed E-state index contributed by atoms with van der Waals surface area (Å²) < 4.78 is 4.93. The van der Waals surface area contributed by atoms with Crippen LogP contribution >= 0.6 is 11.6 Å². The molecule has 0 aliphatic rings. The van der Waals surface area contributed by atoms with E-state index in [2.05, 4.69) is 5.32 Å². The van der Waals surface area contributed by atoms with E-state index in [-0.39, 0.29) is 11.3 Å². The number of phenolic OH excluding ortho intramolecular Hbond substituents is 1. The van der Waals surface area contributed by atoms with Gasteiger partial charge in [-0.05, 0) is 19.2 Å². The van der Waals surface area contributed by atoms with E-state index in [9.17, 15) is 10.2 Å². The lowest BCUT2D eigenvalue weighted by Crippen LogP contribution is -2.17. The molecule has 0 fully saturated rings. The van der Waals surface area contributed by atoms with Crippen LogP contribution < -0.4 is 10.1 Å². The van der Waals surface area contributed by atoms with Crippen LogP contribution in [0.1, 0.15) is 11.7 Å². The molecule has 4 nitrogen and oxygen atoms in total. The van der Waals surface area contributed by atoms with Gasteiger partial charge in [-0.25, -0.2) is 0 Å². The maximum Gasteiger partial charge on any atom is 0.165 e. The van der Waals surface area contributed by atoms with Crippen molar-refractivity contribution < 1.29 is 14.9 Å². The van der Waals surface area contributed by atoms with Gasteiger partial charge in [0.15, 0.2) is 11.5 Å². The number of benzene rings is 1. The molecule has 1 rings (SSSR count). The van der Waals surface area contributed by atoms with Crippen molar-refractivity contribution in [3.8, 4) is 11.5 Å². The fraction of sp³-hybridized carbons (Fsp3) is 0.400. The van der Waals surface area contributed by atoms with E-state index in [0.717, 1.165) is 0 Å². The zero-order chi connectivity index (χ0) is 11.4. The molecule has 0 saturated carbocycles. The van der Waals surface area contributed by atoms with E-state index >= 15 is 0 Å². The number of likely N-dealkylation sites (N-methyl/N-ethyl adjacent to an activating group) is 1. The summed E-state index contributed by atoms with van der Waals surface area (Å²) in [7, 11) is 3.14. The number of aliphatic hydroxyl groups is 1. The molecule has 84 valence electrons. The van der Waals surface area contributed by atoms with Gasteiger partial charge in [-0.2, -0.15) is 0 Å². The number of rotatable bonds is 4. The Hall–Kier alpha value is -0.970. The Bertz CT molecular complexity index is 344. The van der Waals surface area contributed by atoms with Gasteiger partial charge < -0.3 is 20.3 Å². The topological polar surface area (TPSA) is 61.7 Å². The van der Waals surface area contributed by atoms with Crippen LogP contribution in [0.3, 0.4) is 0 Å². The summed E-state index contributed by atoms with van der Waals surface area (Å²) in [6.07, 6.45) is -0.863. The summed E-state index contributed by atoms with van der Waals surface area (Å²) in [5.41, 5.74) is 0.283. The first-order valence-corrected chi connectivity index (χ1v) is 4.87. The summed E-state index contributed by atoms with van der Waals surface area (Å²) in [6, 6.07) is 3.13. The summed E-state index contributed by atoms with van der Waals surface area (Å²) in [6.45, 7) is 0.306. The van der Waals surface area contributed by atoms with Gasteiger partial charge in [0.25, 0.3) is 0 Å². The minimum absolute atomic E-state index is 0.118. The molecule has 1 aromatic carbocycles. The predicted molar refractivity (Wildman–Crippen MR) is 58.6 cm³/mol. The molecular formula is C10H14ClNO3. The summed E-state index contributed by atoms with van der Waals surface area (Å²) in [5, 5.41) is 22.6. The van der Waals surface area contributed by atoms with Crippen molar-refractivity contribution in [3.05, 3.63) is 22.7 Å². The monoisotopic (exact) mass is 231 g/mol. The quantitative estimate of drug-likeness (QED) is 0.731. The molecule has 0 aliphatic carbocycles. The highest BCUT2D eigenvalue weighted by Gasteiger charge is 2.18. The minimum Gasteiger partial charge on any atom is -0.504 e. The van der Waals surface area contributed by atoms with Crippen LogP contribution in [0.4, 0.5) is 0 Å². The van der Waals surface area contributed by atoms with Crippen LogP contribution in [-0.2, 0) is 0 Å². The van der Waals surface area contributed by atoms with E-state index in [4.69, 9.17) is 16.3 Å².